The molecule has 4 heavy (non-hydrogen) atoms. The van der Waals surface area contributed by atoms with E-state index in [1.807, 2.05) is 0 Å². The van der Waals surface area contributed by atoms with Gasteiger partial charge < -0.3 is 24.8 Å². The van der Waals surface area contributed by atoms with Crippen molar-refractivity contribution in [2.45, 2.75) is 0 Å². The van der Waals surface area contributed by atoms with E-state index in [2.05, 4.69) is 0 Å². The molecule has 2 radical (unpaired) electrons. The van der Waals surface area contributed by atoms with Gasteiger partial charge in [-0.25, -0.2) is 0 Å². The molecule has 0 unspecified atom stereocenters. The minimum atomic E-state index is 0. The Morgan fingerprint density at radius 2 is 0.750 bits per heavy atom. The van der Waals surface area contributed by atoms with Gasteiger partial charge in [0.1, 0.15) is 0 Å². The van der Waals surface area contributed by atoms with E-state index in [4.69, 9.17) is 0 Å². The summed E-state index contributed by atoms with van der Waals surface area (Å²) in [5.41, 5.74) is 0. The minimum Gasteiger partial charge on any atom is -1.00 e. The Hall–Kier alpha value is 2.26. The summed E-state index contributed by atoms with van der Waals surface area (Å²) in [6, 6.07) is 0. The maximum Gasteiger partial charge on any atom is 2.00 e. The summed E-state index contributed by atoms with van der Waals surface area (Å²) in [6.07, 6.45) is 0. The average molecular weight is 402 g/mol. The normalized spacial score (nSPS) is 0. The molecule has 0 aromatic carbocycles. The predicted octanol–water partition coefficient (Wildman–Crippen LogP) is -7.56. The van der Waals surface area contributed by atoms with Gasteiger partial charge in [-0.1, -0.05) is 0 Å². The van der Waals surface area contributed by atoms with Crippen molar-refractivity contribution in [3.05, 3.63) is 0 Å². The van der Waals surface area contributed by atoms with Crippen molar-refractivity contribution in [2.75, 3.05) is 0 Å². The molecule has 0 fully saturated rings. The number of rotatable bonds is 0. The van der Waals surface area contributed by atoms with Crippen LogP contribution in [0.2, 0.25) is 0 Å². The summed E-state index contributed by atoms with van der Waals surface area (Å²) >= 11 is 0. The topological polar surface area (TPSA) is 0 Å². The van der Waals surface area contributed by atoms with Crippen LogP contribution >= 0.6 is 0 Å². The molecular weight excluding hydrogens is 399 g/mol. The second-order valence-corrected chi connectivity index (χ2v) is 0. The van der Waals surface area contributed by atoms with Gasteiger partial charge in [-0.3, -0.25) is 0 Å². The molecule has 0 saturated carbocycles. The molecule has 0 saturated heterocycles. The fourth-order valence-electron chi connectivity index (χ4n) is 0. The third kappa shape index (κ3) is 8.86. The predicted molar refractivity (Wildman–Crippen MR) is 15.7 cm³/mol. The van der Waals surface area contributed by atoms with Crippen molar-refractivity contribution < 1.29 is 24.8 Å². The molecule has 0 aliphatic carbocycles. The van der Waals surface area contributed by atoms with Crippen molar-refractivity contribution in [1.82, 2.24) is 0 Å². The summed E-state index contributed by atoms with van der Waals surface area (Å²) in [7, 11) is 0. The van der Waals surface area contributed by atoms with Gasteiger partial charge in [-0.15, -0.1) is 0 Å². The first-order valence-electron chi connectivity index (χ1n) is 0. The monoisotopic (exact) mass is 402 g/mol. The molecule has 0 amide bonds. The van der Waals surface area contributed by atoms with Crippen LogP contribution in [0.3, 0.4) is 0 Å². The molecule has 0 N–H and O–H groups in total. The number of hydrogen-bond acceptors (Lipinski definition) is 0. The third-order valence-corrected chi connectivity index (χ3v) is 0. The Balaban J connectivity index is 0. The standard InChI is InChI=1S/Bi.2ClH.Sn.3H/h;2*1H;;;;/q;;;+2;;;/p-2. The van der Waals surface area contributed by atoms with Crippen molar-refractivity contribution in [1.29, 1.82) is 0 Å². The van der Waals surface area contributed by atoms with Crippen molar-refractivity contribution in [3.63, 3.8) is 0 Å². The van der Waals surface area contributed by atoms with Gasteiger partial charge in [0.15, 0.2) is 0 Å². The zero-order chi connectivity index (χ0) is 0. The van der Waals surface area contributed by atoms with Crippen LogP contribution in [0, 0.1) is 0 Å². The van der Waals surface area contributed by atoms with Crippen LogP contribution in [-0.2, 0) is 0 Å². The fraction of sp³-hybridized carbons (Fsp3) is 0. The Labute approximate surface area is 74.0 Å². The van der Waals surface area contributed by atoms with Crippen LogP contribution < -0.4 is 24.8 Å². The third-order valence-electron chi connectivity index (χ3n) is 0. The van der Waals surface area contributed by atoms with Crippen LogP contribution in [-0.4, -0.2) is 50.1 Å². The van der Waals surface area contributed by atoms with Gasteiger partial charge in [0.05, 0.1) is 0 Å². The summed E-state index contributed by atoms with van der Waals surface area (Å²) in [5.74, 6) is 0. The van der Waals surface area contributed by atoms with Crippen LogP contribution in [0.5, 0.6) is 0 Å². The Morgan fingerprint density at radius 1 is 0.750 bits per heavy atom. The van der Waals surface area contributed by atoms with Gasteiger partial charge >= 0.3 is 50.1 Å². The van der Waals surface area contributed by atoms with Gasteiger partial charge in [0.25, 0.3) is 0 Å². The first-order valence-corrected chi connectivity index (χ1v) is 0. The first kappa shape index (κ1) is 33.9. The molecule has 26 valence electrons. The average Bonchev–Trinajstić information content (AvgIpc) is 0. The molecule has 0 aliphatic rings. The second-order valence-electron chi connectivity index (χ2n) is 0. The van der Waals surface area contributed by atoms with Crippen LogP contribution in [0.4, 0.5) is 0 Å². The number of halogens is 2. The summed E-state index contributed by atoms with van der Waals surface area (Å²) in [6.45, 7) is 0. The molecule has 4 heteroatoms. The maximum absolute atomic E-state index is 0. The molecule has 0 aromatic heterocycles. The second kappa shape index (κ2) is 18.7. The largest absolute Gasteiger partial charge is 2.00 e. The molecule has 0 bridgehead atoms. The van der Waals surface area contributed by atoms with E-state index in [0.717, 1.165) is 0 Å². The molecule has 0 rings (SSSR count). The Kier molecular flexibility index (Phi) is 158. The smallest absolute Gasteiger partial charge is 1.00 e. The van der Waals surface area contributed by atoms with Crippen LogP contribution in [0.25, 0.3) is 0 Å². The Bertz CT molecular complexity index is 6.00. The van der Waals surface area contributed by atoms with Crippen LogP contribution in [0.1, 0.15) is 0 Å². The van der Waals surface area contributed by atoms with E-state index in [-0.39, 0.29) is 74.9 Å². The van der Waals surface area contributed by atoms with Crippen molar-refractivity contribution in [3.8, 4) is 0 Å². The van der Waals surface area contributed by atoms with E-state index in [9.17, 15) is 0 Å². The zero-order valence-electron chi connectivity index (χ0n) is 1.96. The van der Waals surface area contributed by atoms with Crippen molar-refractivity contribution >= 4 is 50.1 Å². The van der Waals surface area contributed by atoms with Gasteiger partial charge in [-0.2, -0.15) is 0 Å². The summed E-state index contributed by atoms with van der Waals surface area (Å²) in [4.78, 5) is 0. The van der Waals surface area contributed by atoms with Gasteiger partial charge in [0, 0.05) is 0 Å². The fourth-order valence-corrected chi connectivity index (χ4v) is 0. The number of hydrogen-bond donors (Lipinski definition) is 0. The molecule has 0 heterocycles. The van der Waals surface area contributed by atoms with E-state index < -0.39 is 0 Å². The maximum atomic E-state index is 0. The van der Waals surface area contributed by atoms with Crippen LogP contribution in [0.15, 0.2) is 0 Å². The molecule has 0 spiro atoms. The quantitative estimate of drug-likeness (QED) is 0.354. The Morgan fingerprint density at radius 3 is 0.750 bits per heavy atom. The van der Waals surface area contributed by atoms with E-state index in [1.165, 1.54) is 0 Å². The molecule has 0 aliphatic heterocycles. The van der Waals surface area contributed by atoms with E-state index in [1.54, 1.807) is 0 Å². The van der Waals surface area contributed by atoms with E-state index in [0.29, 0.717) is 0 Å². The first-order chi connectivity index (χ1) is 0. The summed E-state index contributed by atoms with van der Waals surface area (Å²) < 4.78 is 0. The SMILES string of the molecule is [BiH3].[Cl-].[Cl-].[Sn+2]. The summed E-state index contributed by atoms with van der Waals surface area (Å²) in [5, 5.41) is 0. The van der Waals surface area contributed by atoms with Gasteiger partial charge in [-0.05, 0) is 0 Å². The van der Waals surface area contributed by atoms with E-state index >= 15 is 0 Å². The molecular formula is H3BiCl2Sn. The zero-order valence-corrected chi connectivity index (χ0v) is 11.8. The molecule has 0 nitrogen and oxygen atoms in total. The molecule has 0 atom stereocenters. The van der Waals surface area contributed by atoms with Gasteiger partial charge in [0.2, 0.25) is 0 Å². The minimum absolute atomic E-state index is 0. The molecule has 0 aromatic rings. The van der Waals surface area contributed by atoms with Crippen molar-refractivity contribution in [2.24, 2.45) is 0 Å².